The van der Waals surface area contributed by atoms with Crippen molar-refractivity contribution < 1.29 is 14.6 Å². The van der Waals surface area contributed by atoms with E-state index in [0.29, 0.717) is 17.5 Å². The number of hydrogen-bond acceptors (Lipinski definition) is 6. The van der Waals surface area contributed by atoms with E-state index >= 15 is 0 Å². The van der Waals surface area contributed by atoms with Gasteiger partial charge in [0.15, 0.2) is 5.78 Å². The molecule has 2 aromatic carbocycles. The summed E-state index contributed by atoms with van der Waals surface area (Å²) < 4.78 is 0. The number of nitrogens with zero attached hydrogens (tertiary/aromatic N) is 3. The number of rotatable bonds is 5. The van der Waals surface area contributed by atoms with Crippen LogP contribution in [-0.2, 0) is 0 Å². The molecule has 1 heterocycles. The van der Waals surface area contributed by atoms with Gasteiger partial charge in [0.1, 0.15) is 5.69 Å². The largest absolute Gasteiger partial charge is 0.365 e. The van der Waals surface area contributed by atoms with E-state index in [2.05, 4.69) is 13.8 Å². The number of benzene rings is 2. The second-order valence-corrected chi connectivity index (χ2v) is 7.44. The zero-order valence-corrected chi connectivity index (χ0v) is 15.7. The normalized spacial score (nSPS) is 19.3. The summed E-state index contributed by atoms with van der Waals surface area (Å²) in [5.74, 6) is 0.458. The molecule has 1 saturated heterocycles. The van der Waals surface area contributed by atoms with E-state index in [-0.39, 0.29) is 22.5 Å². The predicted octanol–water partition coefficient (Wildman–Crippen LogP) is 4.22. The Hall–Kier alpha value is -3.29. The topological polar surface area (TPSA) is 107 Å². The number of nitro benzene ring substituents is 2. The van der Waals surface area contributed by atoms with Crippen molar-refractivity contribution in [3.8, 4) is 0 Å². The van der Waals surface area contributed by atoms with Crippen molar-refractivity contribution in [2.45, 2.75) is 20.3 Å². The van der Waals surface area contributed by atoms with Crippen LogP contribution in [0, 0.1) is 32.1 Å². The summed E-state index contributed by atoms with van der Waals surface area (Å²) in [5.41, 5.74) is 0.721. The van der Waals surface area contributed by atoms with Crippen molar-refractivity contribution in [2.24, 2.45) is 11.8 Å². The minimum atomic E-state index is -0.547. The number of piperidine rings is 1. The van der Waals surface area contributed by atoms with E-state index in [4.69, 9.17) is 0 Å². The van der Waals surface area contributed by atoms with Gasteiger partial charge in [-0.3, -0.25) is 25.0 Å². The molecule has 146 valence electrons. The van der Waals surface area contributed by atoms with E-state index in [0.717, 1.165) is 19.5 Å². The fourth-order valence-electron chi connectivity index (χ4n) is 3.84. The summed E-state index contributed by atoms with van der Waals surface area (Å²) in [5, 5.41) is 22.4. The zero-order chi connectivity index (χ0) is 20.4. The molecule has 2 aromatic rings. The molecule has 2 atom stereocenters. The third-order valence-electron chi connectivity index (χ3n) is 4.98. The van der Waals surface area contributed by atoms with Crippen molar-refractivity contribution in [2.75, 3.05) is 18.0 Å². The highest BCUT2D eigenvalue weighted by Gasteiger charge is 2.28. The van der Waals surface area contributed by atoms with Crippen LogP contribution < -0.4 is 4.90 Å². The summed E-state index contributed by atoms with van der Waals surface area (Å²) in [6, 6.07) is 9.70. The fraction of sp³-hybridized carbons (Fsp3) is 0.350. The van der Waals surface area contributed by atoms with E-state index in [1.807, 2.05) is 4.90 Å². The van der Waals surface area contributed by atoms with Crippen LogP contribution in [0.15, 0.2) is 42.5 Å². The van der Waals surface area contributed by atoms with Crippen LogP contribution in [0.5, 0.6) is 0 Å². The molecular weight excluding hydrogens is 362 g/mol. The second-order valence-electron chi connectivity index (χ2n) is 7.44. The molecule has 0 aliphatic carbocycles. The average molecular weight is 383 g/mol. The van der Waals surface area contributed by atoms with Crippen molar-refractivity contribution in [1.29, 1.82) is 0 Å². The molecule has 0 spiro atoms. The number of ketones is 1. The van der Waals surface area contributed by atoms with Crippen LogP contribution in [0.25, 0.3) is 0 Å². The van der Waals surface area contributed by atoms with Gasteiger partial charge in [-0.15, -0.1) is 0 Å². The fourth-order valence-corrected chi connectivity index (χ4v) is 3.84. The lowest BCUT2D eigenvalue weighted by molar-refractivity contribution is -0.384. The average Bonchev–Trinajstić information content (AvgIpc) is 2.66. The second kappa shape index (κ2) is 7.75. The van der Waals surface area contributed by atoms with Crippen molar-refractivity contribution in [1.82, 2.24) is 0 Å². The maximum absolute atomic E-state index is 12.7. The Bertz CT molecular complexity index is 916. The monoisotopic (exact) mass is 383 g/mol. The Kier molecular flexibility index (Phi) is 5.39. The summed E-state index contributed by atoms with van der Waals surface area (Å²) in [7, 11) is 0. The zero-order valence-electron chi connectivity index (χ0n) is 15.7. The lowest BCUT2D eigenvalue weighted by Gasteiger charge is -2.36. The first kappa shape index (κ1) is 19.5. The first-order valence-electron chi connectivity index (χ1n) is 9.08. The van der Waals surface area contributed by atoms with Crippen LogP contribution in [0.3, 0.4) is 0 Å². The van der Waals surface area contributed by atoms with Gasteiger partial charge in [-0.25, -0.2) is 0 Å². The summed E-state index contributed by atoms with van der Waals surface area (Å²) in [6.07, 6.45) is 1.08. The summed E-state index contributed by atoms with van der Waals surface area (Å²) in [6.45, 7) is 5.73. The van der Waals surface area contributed by atoms with Crippen LogP contribution in [0.1, 0.15) is 36.2 Å². The van der Waals surface area contributed by atoms with Crippen molar-refractivity contribution in [3.05, 3.63) is 73.8 Å². The van der Waals surface area contributed by atoms with Gasteiger partial charge in [-0.1, -0.05) is 13.8 Å². The Morgan fingerprint density at radius 1 is 0.929 bits per heavy atom. The third-order valence-corrected chi connectivity index (χ3v) is 4.98. The van der Waals surface area contributed by atoms with Gasteiger partial charge in [-0.05, 0) is 42.5 Å². The standard InChI is InChI=1S/C20H21N3O5/c1-13-9-14(2)12-21(11-13)18-8-5-16(10-19(18)23(27)28)20(24)15-3-6-17(7-4-15)22(25)26/h3-8,10,13-14H,9,11-12H2,1-2H3. The molecule has 1 aliphatic rings. The molecule has 8 nitrogen and oxygen atoms in total. The minimum Gasteiger partial charge on any atom is -0.365 e. The summed E-state index contributed by atoms with van der Waals surface area (Å²) >= 11 is 0. The van der Waals surface area contributed by atoms with E-state index in [9.17, 15) is 25.0 Å². The summed E-state index contributed by atoms with van der Waals surface area (Å²) in [4.78, 5) is 36.1. The van der Waals surface area contributed by atoms with Gasteiger partial charge in [0.2, 0.25) is 0 Å². The smallest absolute Gasteiger partial charge is 0.293 e. The number of carbonyl (C=O) groups is 1. The molecule has 0 amide bonds. The lowest BCUT2D eigenvalue weighted by Crippen LogP contribution is -2.39. The molecule has 1 fully saturated rings. The molecule has 0 saturated carbocycles. The Labute approximate surface area is 162 Å². The maximum atomic E-state index is 12.7. The third kappa shape index (κ3) is 4.00. The van der Waals surface area contributed by atoms with Gasteiger partial charge in [0.25, 0.3) is 11.4 Å². The number of nitro groups is 2. The maximum Gasteiger partial charge on any atom is 0.293 e. The molecule has 0 bridgehead atoms. The lowest BCUT2D eigenvalue weighted by atomic mass is 9.91. The highest BCUT2D eigenvalue weighted by Crippen LogP contribution is 2.34. The van der Waals surface area contributed by atoms with E-state index < -0.39 is 15.6 Å². The number of hydrogen-bond donors (Lipinski definition) is 0. The Morgan fingerprint density at radius 2 is 1.50 bits per heavy atom. The first-order valence-corrected chi connectivity index (χ1v) is 9.08. The Morgan fingerprint density at radius 3 is 2.04 bits per heavy atom. The van der Waals surface area contributed by atoms with Crippen LogP contribution in [0.4, 0.5) is 17.1 Å². The van der Waals surface area contributed by atoms with E-state index in [1.54, 1.807) is 12.1 Å². The van der Waals surface area contributed by atoms with Crippen molar-refractivity contribution >= 4 is 22.8 Å². The quantitative estimate of drug-likeness (QED) is 0.435. The molecule has 2 unspecified atom stereocenters. The van der Waals surface area contributed by atoms with Gasteiger partial charge in [-0.2, -0.15) is 0 Å². The van der Waals surface area contributed by atoms with Crippen LogP contribution >= 0.6 is 0 Å². The minimum absolute atomic E-state index is 0.103. The molecule has 3 rings (SSSR count). The molecular formula is C20H21N3O5. The highest BCUT2D eigenvalue weighted by atomic mass is 16.6. The highest BCUT2D eigenvalue weighted by molar-refractivity contribution is 6.09. The molecule has 0 N–H and O–H groups in total. The SMILES string of the molecule is CC1CC(C)CN(c2ccc(C(=O)c3ccc([N+](=O)[O-])cc3)cc2[N+](=O)[O-])C1. The van der Waals surface area contributed by atoms with Gasteiger partial charge in [0.05, 0.1) is 9.85 Å². The molecule has 0 radical (unpaired) electrons. The van der Waals surface area contributed by atoms with Crippen molar-refractivity contribution in [3.63, 3.8) is 0 Å². The van der Waals surface area contributed by atoms with Gasteiger partial charge >= 0.3 is 0 Å². The number of non-ortho nitro benzene ring substituents is 1. The van der Waals surface area contributed by atoms with Gasteiger partial charge in [0, 0.05) is 42.4 Å². The number of carbonyl (C=O) groups excluding carboxylic acids is 1. The van der Waals surface area contributed by atoms with Crippen LogP contribution in [-0.4, -0.2) is 28.7 Å². The molecule has 1 aliphatic heterocycles. The van der Waals surface area contributed by atoms with E-state index in [1.165, 1.54) is 30.3 Å². The molecule has 8 heteroatoms. The molecule has 28 heavy (non-hydrogen) atoms. The predicted molar refractivity (Wildman–Crippen MR) is 105 cm³/mol. The van der Waals surface area contributed by atoms with Crippen LogP contribution in [0.2, 0.25) is 0 Å². The van der Waals surface area contributed by atoms with Gasteiger partial charge < -0.3 is 4.90 Å². The molecule has 0 aromatic heterocycles. The Balaban J connectivity index is 1.93. The number of anilines is 1. The first-order chi connectivity index (χ1) is 13.3.